The Labute approximate surface area is 103 Å². The lowest BCUT2D eigenvalue weighted by molar-refractivity contribution is -0.384. The van der Waals surface area contributed by atoms with Crippen molar-refractivity contribution in [3.63, 3.8) is 0 Å². The summed E-state index contributed by atoms with van der Waals surface area (Å²) in [6.45, 7) is 4.70. The molecule has 0 heterocycles. The maximum Gasteiger partial charge on any atom is 0.341 e. The summed E-state index contributed by atoms with van der Waals surface area (Å²) < 4.78 is 13.5. The van der Waals surface area contributed by atoms with Crippen LogP contribution in [0.1, 0.15) is 20.8 Å². The van der Waals surface area contributed by atoms with Crippen molar-refractivity contribution in [3.8, 4) is 0 Å². The average molecular weight is 256 g/mol. The molecule has 0 saturated heterocycles. The molecule has 0 radical (unpaired) electrons. The minimum atomic E-state index is -0.870. The molecule has 1 rings (SSSR count). The van der Waals surface area contributed by atoms with E-state index in [9.17, 15) is 19.4 Å². The van der Waals surface area contributed by atoms with Gasteiger partial charge in [-0.1, -0.05) is 10.5 Å². The fourth-order valence-corrected chi connectivity index (χ4v) is 0.978. The van der Waals surface area contributed by atoms with Crippen molar-refractivity contribution in [1.82, 2.24) is 0 Å². The standard InChI is InChI=1S/C11H13FN2O4/c1-11(2,3)10(15)18-13(12)8-5-4-6-9(7-8)14(16)17/h4-7H,1-3H3. The molecule has 0 fully saturated rings. The van der Waals surface area contributed by atoms with Crippen molar-refractivity contribution in [1.29, 1.82) is 0 Å². The van der Waals surface area contributed by atoms with Gasteiger partial charge in [0, 0.05) is 12.1 Å². The molecule has 0 aliphatic heterocycles. The second-order valence-corrected chi connectivity index (χ2v) is 4.65. The van der Waals surface area contributed by atoms with Gasteiger partial charge >= 0.3 is 5.97 Å². The topological polar surface area (TPSA) is 72.7 Å². The number of anilines is 1. The molecule has 0 aromatic heterocycles. The number of benzene rings is 1. The number of hydrogen-bond acceptors (Lipinski definition) is 5. The molecule has 0 bridgehead atoms. The van der Waals surface area contributed by atoms with Crippen LogP contribution in [0.4, 0.5) is 15.9 Å². The minimum absolute atomic E-state index is 0.221. The van der Waals surface area contributed by atoms with E-state index >= 15 is 0 Å². The van der Waals surface area contributed by atoms with Gasteiger partial charge in [0.15, 0.2) is 0 Å². The smallest absolute Gasteiger partial charge is 0.310 e. The SMILES string of the molecule is CC(C)(C)C(=O)ON(F)c1cccc([N+](=O)[O-])c1. The van der Waals surface area contributed by atoms with E-state index in [1.807, 2.05) is 0 Å². The Morgan fingerprint density at radius 1 is 1.44 bits per heavy atom. The molecule has 0 aliphatic carbocycles. The van der Waals surface area contributed by atoms with Crippen LogP contribution in [0.15, 0.2) is 24.3 Å². The number of carbonyl (C=O) groups is 1. The molecule has 0 saturated carbocycles. The zero-order valence-corrected chi connectivity index (χ0v) is 10.2. The summed E-state index contributed by atoms with van der Waals surface area (Å²) in [5, 5.41) is 10.2. The third-order valence-corrected chi connectivity index (χ3v) is 2.02. The fraction of sp³-hybridized carbons (Fsp3) is 0.364. The third kappa shape index (κ3) is 3.41. The molecule has 7 heteroatoms. The highest BCUT2D eigenvalue weighted by atomic mass is 19.2. The summed E-state index contributed by atoms with van der Waals surface area (Å²) in [5.74, 6) is -0.781. The molecule has 1 aromatic rings. The van der Waals surface area contributed by atoms with Gasteiger partial charge in [-0.25, -0.2) is 4.79 Å². The first kappa shape index (κ1) is 13.9. The van der Waals surface area contributed by atoms with E-state index in [1.54, 1.807) is 20.8 Å². The number of nitro groups is 1. The van der Waals surface area contributed by atoms with E-state index in [2.05, 4.69) is 4.84 Å². The molecule has 6 nitrogen and oxygen atoms in total. The lowest BCUT2D eigenvalue weighted by Crippen LogP contribution is -2.29. The third-order valence-electron chi connectivity index (χ3n) is 2.02. The highest BCUT2D eigenvalue weighted by molar-refractivity contribution is 5.76. The van der Waals surface area contributed by atoms with Crippen LogP contribution in [0.2, 0.25) is 0 Å². The van der Waals surface area contributed by atoms with Crippen LogP contribution in [-0.2, 0) is 9.63 Å². The quantitative estimate of drug-likeness (QED) is 0.472. The molecule has 1 aromatic carbocycles. The van der Waals surface area contributed by atoms with Gasteiger partial charge in [-0.15, -0.1) is 0 Å². The summed E-state index contributed by atoms with van der Waals surface area (Å²) >= 11 is 0. The van der Waals surface area contributed by atoms with Crippen molar-refractivity contribution in [2.75, 3.05) is 5.29 Å². The number of nitrogens with zero attached hydrogens (tertiary/aromatic N) is 2. The van der Waals surface area contributed by atoms with Gasteiger partial charge in [0.25, 0.3) is 5.69 Å². The molecule has 0 aliphatic rings. The Morgan fingerprint density at radius 2 is 2.06 bits per heavy atom. The summed E-state index contributed by atoms with van der Waals surface area (Å²) in [6, 6.07) is 4.73. The lowest BCUT2D eigenvalue weighted by Gasteiger charge is -2.19. The largest absolute Gasteiger partial charge is 0.341 e. The Kier molecular flexibility index (Phi) is 3.85. The molecule has 18 heavy (non-hydrogen) atoms. The van der Waals surface area contributed by atoms with Gasteiger partial charge in [0.1, 0.15) is 5.69 Å². The minimum Gasteiger partial charge on any atom is -0.310 e. The predicted molar refractivity (Wildman–Crippen MR) is 62.2 cm³/mol. The predicted octanol–water partition coefficient (Wildman–Crippen LogP) is 2.79. The molecule has 0 atom stereocenters. The summed E-state index contributed by atoms with van der Waals surface area (Å²) in [5.41, 5.74) is -1.38. The van der Waals surface area contributed by atoms with E-state index < -0.39 is 16.3 Å². The van der Waals surface area contributed by atoms with Crippen molar-refractivity contribution >= 4 is 17.3 Å². The van der Waals surface area contributed by atoms with Crippen molar-refractivity contribution in [2.24, 2.45) is 5.41 Å². The number of nitro benzene ring substituents is 1. The number of non-ortho nitro benzene ring substituents is 1. The van der Waals surface area contributed by atoms with Crippen LogP contribution < -0.4 is 5.29 Å². The Hall–Kier alpha value is -2.18. The van der Waals surface area contributed by atoms with Crippen LogP contribution in [0, 0.1) is 15.5 Å². The van der Waals surface area contributed by atoms with E-state index in [0.717, 1.165) is 6.07 Å². The van der Waals surface area contributed by atoms with Gasteiger partial charge in [-0.3, -0.25) is 10.1 Å². The molecular weight excluding hydrogens is 243 g/mol. The van der Waals surface area contributed by atoms with E-state index in [1.165, 1.54) is 18.2 Å². The first-order valence-corrected chi connectivity index (χ1v) is 5.14. The van der Waals surface area contributed by atoms with Crippen LogP contribution >= 0.6 is 0 Å². The molecule has 0 unspecified atom stereocenters. The first-order chi connectivity index (χ1) is 8.21. The molecule has 0 amide bonds. The van der Waals surface area contributed by atoms with Crippen LogP contribution in [0.25, 0.3) is 0 Å². The van der Waals surface area contributed by atoms with Crippen LogP contribution in [-0.4, -0.2) is 10.9 Å². The number of hydrogen-bond donors (Lipinski definition) is 0. The summed E-state index contributed by atoms with van der Waals surface area (Å²) in [6.07, 6.45) is 0. The van der Waals surface area contributed by atoms with E-state index in [-0.39, 0.29) is 16.7 Å². The van der Waals surface area contributed by atoms with Crippen LogP contribution in [0.5, 0.6) is 0 Å². The van der Waals surface area contributed by atoms with E-state index in [0.29, 0.717) is 0 Å². The van der Waals surface area contributed by atoms with Crippen molar-refractivity contribution in [3.05, 3.63) is 34.4 Å². The molecular formula is C11H13FN2O4. The first-order valence-electron chi connectivity index (χ1n) is 5.14. The zero-order valence-electron chi connectivity index (χ0n) is 10.2. The number of carbonyl (C=O) groups excluding carboxylic acids is 1. The number of halogens is 1. The Morgan fingerprint density at radius 3 is 2.56 bits per heavy atom. The Bertz CT molecular complexity index is 470. The number of rotatable bonds is 3. The Balaban J connectivity index is 2.85. The molecule has 98 valence electrons. The average Bonchev–Trinajstić information content (AvgIpc) is 2.27. The fourth-order valence-electron chi connectivity index (χ4n) is 0.978. The van der Waals surface area contributed by atoms with Crippen LogP contribution in [0.3, 0.4) is 0 Å². The monoisotopic (exact) mass is 256 g/mol. The zero-order chi connectivity index (χ0) is 13.9. The second-order valence-electron chi connectivity index (χ2n) is 4.65. The normalized spacial score (nSPS) is 10.9. The van der Waals surface area contributed by atoms with Crippen molar-refractivity contribution < 1.29 is 19.0 Å². The maximum absolute atomic E-state index is 13.5. The summed E-state index contributed by atoms with van der Waals surface area (Å²) in [7, 11) is 0. The highest BCUT2D eigenvalue weighted by Crippen LogP contribution is 2.24. The maximum atomic E-state index is 13.5. The van der Waals surface area contributed by atoms with Gasteiger partial charge in [0.05, 0.1) is 10.3 Å². The summed E-state index contributed by atoms with van der Waals surface area (Å²) in [4.78, 5) is 25.7. The van der Waals surface area contributed by atoms with E-state index in [4.69, 9.17) is 0 Å². The van der Waals surface area contributed by atoms with Gasteiger partial charge < -0.3 is 4.84 Å². The lowest BCUT2D eigenvalue weighted by atomic mass is 9.98. The second kappa shape index (κ2) is 4.99. The van der Waals surface area contributed by atoms with Gasteiger partial charge in [-0.2, -0.15) is 0 Å². The highest BCUT2D eigenvalue weighted by Gasteiger charge is 2.27. The molecule has 0 N–H and O–H groups in total. The van der Waals surface area contributed by atoms with Crippen molar-refractivity contribution in [2.45, 2.75) is 20.8 Å². The molecule has 0 spiro atoms. The van der Waals surface area contributed by atoms with Gasteiger partial charge in [-0.05, 0) is 32.1 Å². The van der Waals surface area contributed by atoms with Gasteiger partial charge in [0.2, 0.25) is 0 Å².